The third-order valence-corrected chi connectivity index (χ3v) is 5.20. The van der Waals surface area contributed by atoms with Crippen molar-refractivity contribution < 1.29 is 13.9 Å². The summed E-state index contributed by atoms with van der Waals surface area (Å²) in [4.78, 5) is 12.1. The van der Waals surface area contributed by atoms with Gasteiger partial charge in [0.2, 0.25) is 0 Å². The number of benzene rings is 1. The Morgan fingerprint density at radius 2 is 2.12 bits per heavy atom. The monoisotopic (exact) mass is 354 g/mol. The molecule has 0 radical (unpaired) electrons. The number of furan rings is 1. The fourth-order valence-electron chi connectivity index (χ4n) is 3.50. The van der Waals surface area contributed by atoms with E-state index in [4.69, 9.17) is 9.15 Å². The van der Waals surface area contributed by atoms with Crippen LogP contribution < -0.4 is 10.6 Å². The highest BCUT2D eigenvalue weighted by Crippen LogP contribution is 2.47. The summed E-state index contributed by atoms with van der Waals surface area (Å²) in [5, 5.41) is 6.36. The predicted molar refractivity (Wildman–Crippen MR) is 99.8 cm³/mol. The van der Waals surface area contributed by atoms with Crippen molar-refractivity contribution in [1.29, 1.82) is 0 Å². The molecule has 3 atom stereocenters. The topological polar surface area (TPSA) is 63.5 Å². The number of hydrogen-bond donors (Lipinski definition) is 2. The van der Waals surface area contributed by atoms with Gasteiger partial charge in [0.25, 0.3) is 5.91 Å². The first-order valence-corrected chi connectivity index (χ1v) is 9.50. The number of anilines is 1. The van der Waals surface area contributed by atoms with Gasteiger partial charge in [0.05, 0.1) is 6.54 Å². The maximum Gasteiger partial charge on any atom is 0.253 e. The van der Waals surface area contributed by atoms with Gasteiger partial charge in [-0.25, -0.2) is 0 Å². The second kappa shape index (κ2) is 7.64. The van der Waals surface area contributed by atoms with Gasteiger partial charge in [0, 0.05) is 24.8 Å². The van der Waals surface area contributed by atoms with Crippen LogP contribution in [0, 0.1) is 5.92 Å². The van der Waals surface area contributed by atoms with Gasteiger partial charge in [-0.15, -0.1) is 0 Å². The smallest absolute Gasteiger partial charge is 0.253 e. The molecule has 138 valence electrons. The summed E-state index contributed by atoms with van der Waals surface area (Å²) < 4.78 is 11.3. The Bertz CT molecular complexity index is 764. The van der Waals surface area contributed by atoms with E-state index < -0.39 is 0 Å². The zero-order chi connectivity index (χ0) is 17.9. The van der Waals surface area contributed by atoms with Gasteiger partial charge in [-0.2, -0.15) is 0 Å². The summed E-state index contributed by atoms with van der Waals surface area (Å²) in [6, 6.07) is 12.1. The fraction of sp³-hybridized carbons (Fsp3) is 0.476. The molecule has 2 aromatic rings. The highest BCUT2D eigenvalue weighted by Gasteiger charge is 2.36. The van der Waals surface area contributed by atoms with Crippen LogP contribution in [0.25, 0.3) is 0 Å². The second-order valence-corrected chi connectivity index (χ2v) is 7.42. The van der Waals surface area contributed by atoms with Crippen LogP contribution in [-0.2, 0) is 22.6 Å². The summed E-state index contributed by atoms with van der Waals surface area (Å²) in [5.74, 6) is 3.42. The zero-order valence-electron chi connectivity index (χ0n) is 15.2. The molecular weight excluding hydrogens is 328 g/mol. The molecular formula is C21H26N2O3. The minimum absolute atomic E-state index is 0.0509. The summed E-state index contributed by atoms with van der Waals surface area (Å²) in [6.45, 7) is 4.36. The zero-order valence-corrected chi connectivity index (χ0v) is 15.2. The number of amides is 1. The van der Waals surface area contributed by atoms with Crippen LogP contribution in [0.2, 0.25) is 0 Å². The lowest BCUT2D eigenvalue weighted by atomic mass is 10.2. The van der Waals surface area contributed by atoms with Gasteiger partial charge in [-0.3, -0.25) is 4.79 Å². The van der Waals surface area contributed by atoms with Crippen LogP contribution in [-0.4, -0.2) is 18.6 Å². The maximum absolute atomic E-state index is 12.1. The van der Waals surface area contributed by atoms with E-state index in [0.29, 0.717) is 19.1 Å². The number of nitrogens with one attached hydrogen (secondary N) is 2. The largest absolute Gasteiger partial charge is 0.464 e. The van der Waals surface area contributed by atoms with E-state index >= 15 is 0 Å². The fourth-order valence-corrected chi connectivity index (χ4v) is 3.50. The van der Waals surface area contributed by atoms with Crippen molar-refractivity contribution in [3.05, 3.63) is 53.5 Å². The van der Waals surface area contributed by atoms with Crippen molar-refractivity contribution in [2.24, 2.45) is 5.92 Å². The van der Waals surface area contributed by atoms with Gasteiger partial charge in [-0.05, 0) is 55.0 Å². The van der Waals surface area contributed by atoms with Crippen molar-refractivity contribution in [1.82, 2.24) is 5.32 Å². The Morgan fingerprint density at radius 3 is 2.88 bits per heavy atom. The highest BCUT2D eigenvalue weighted by molar-refractivity contribution is 5.94. The van der Waals surface area contributed by atoms with Gasteiger partial charge in [0.1, 0.15) is 17.6 Å². The van der Waals surface area contributed by atoms with Crippen LogP contribution >= 0.6 is 0 Å². The lowest BCUT2D eigenvalue weighted by Gasteiger charge is -2.11. The lowest BCUT2D eigenvalue weighted by molar-refractivity contribution is -0.124. The number of carbonyl (C=O) groups excluding carboxylic acids is 1. The van der Waals surface area contributed by atoms with E-state index in [1.54, 1.807) is 0 Å². The van der Waals surface area contributed by atoms with Crippen LogP contribution in [0.3, 0.4) is 0 Å². The normalized spacial score (nSPS) is 24.6. The SMILES string of the molecule is CC1CC1c1ccc(CNCc2cccc(NC(=O)C3CCCO3)c2)o1. The summed E-state index contributed by atoms with van der Waals surface area (Å²) in [7, 11) is 0. The Balaban J connectivity index is 1.27. The average molecular weight is 354 g/mol. The molecule has 1 aromatic carbocycles. The van der Waals surface area contributed by atoms with E-state index in [9.17, 15) is 4.79 Å². The standard InChI is InChI=1S/C21H26N2O3/c1-14-10-18(14)19-8-7-17(26-19)13-22-12-15-4-2-5-16(11-15)23-21(24)20-6-3-9-25-20/h2,4-5,7-8,11,14,18,20,22H,3,6,9-10,12-13H2,1H3,(H,23,24). The Morgan fingerprint density at radius 1 is 1.23 bits per heavy atom. The molecule has 5 heteroatoms. The van der Waals surface area contributed by atoms with E-state index in [-0.39, 0.29) is 12.0 Å². The molecule has 4 rings (SSSR count). The van der Waals surface area contributed by atoms with E-state index in [2.05, 4.69) is 29.7 Å². The molecule has 1 aromatic heterocycles. The first-order valence-electron chi connectivity index (χ1n) is 9.50. The van der Waals surface area contributed by atoms with Crippen LogP contribution in [0.15, 0.2) is 40.8 Å². The molecule has 2 fully saturated rings. The summed E-state index contributed by atoms with van der Waals surface area (Å²) >= 11 is 0. The highest BCUT2D eigenvalue weighted by atomic mass is 16.5. The van der Waals surface area contributed by atoms with Gasteiger partial charge >= 0.3 is 0 Å². The number of rotatable bonds is 7. The van der Waals surface area contributed by atoms with Crippen LogP contribution in [0.4, 0.5) is 5.69 Å². The molecule has 1 aliphatic carbocycles. The maximum atomic E-state index is 12.1. The molecule has 2 heterocycles. The number of ether oxygens (including phenoxy) is 1. The van der Waals surface area contributed by atoms with Gasteiger partial charge in [-0.1, -0.05) is 19.1 Å². The third kappa shape index (κ3) is 4.17. The molecule has 2 aliphatic rings. The van der Waals surface area contributed by atoms with E-state index in [0.717, 1.165) is 48.1 Å². The third-order valence-electron chi connectivity index (χ3n) is 5.20. The molecule has 0 bridgehead atoms. The molecule has 5 nitrogen and oxygen atoms in total. The minimum Gasteiger partial charge on any atom is -0.464 e. The van der Waals surface area contributed by atoms with E-state index in [1.165, 1.54) is 6.42 Å². The number of hydrogen-bond acceptors (Lipinski definition) is 4. The molecule has 26 heavy (non-hydrogen) atoms. The molecule has 3 unspecified atom stereocenters. The van der Waals surface area contributed by atoms with Crippen molar-refractivity contribution >= 4 is 11.6 Å². The van der Waals surface area contributed by atoms with Crippen LogP contribution in [0.1, 0.15) is 49.2 Å². The lowest BCUT2D eigenvalue weighted by Crippen LogP contribution is -2.26. The van der Waals surface area contributed by atoms with Crippen molar-refractivity contribution in [2.45, 2.75) is 51.3 Å². The Hall–Kier alpha value is -2.11. The molecule has 1 saturated heterocycles. The van der Waals surface area contributed by atoms with E-state index in [1.807, 2.05) is 24.3 Å². The molecule has 1 aliphatic heterocycles. The average Bonchev–Trinajstić information content (AvgIpc) is 3.08. The Kier molecular flexibility index (Phi) is 5.09. The quantitative estimate of drug-likeness (QED) is 0.794. The first kappa shape index (κ1) is 17.3. The Labute approximate surface area is 154 Å². The number of carbonyl (C=O) groups is 1. The molecule has 0 spiro atoms. The van der Waals surface area contributed by atoms with Gasteiger partial charge in [0.15, 0.2) is 0 Å². The second-order valence-electron chi connectivity index (χ2n) is 7.42. The summed E-state index contributed by atoms with van der Waals surface area (Å²) in [5.41, 5.74) is 1.94. The predicted octanol–water partition coefficient (Wildman–Crippen LogP) is 3.81. The molecule has 1 amide bonds. The molecule has 1 saturated carbocycles. The van der Waals surface area contributed by atoms with Gasteiger partial charge < -0.3 is 19.8 Å². The molecule has 2 N–H and O–H groups in total. The van der Waals surface area contributed by atoms with Crippen molar-refractivity contribution in [2.75, 3.05) is 11.9 Å². The summed E-state index contributed by atoms with van der Waals surface area (Å²) in [6.07, 6.45) is 2.69. The van der Waals surface area contributed by atoms with Crippen LogP contribution in [0.5, 0.6) is 0 Å². The van der Waals surface area contributed by atoms with Crippen molar-refractivity contribution in [3.63, 3.8) is 0 Å². The first-order chi connectivity index (χ1) is 12.7. The van der Waals surface area contributed by atoms with Crippen molar-refractivity contribution in [3.8, 4) is 0 Å². The minimum atomic E-state index is -0.306.